The summed E-state index contributed by atoms with van der Waals surface area (Å²) >= 11 is 1.16. The largest absolute Gasteiger partial charge is 0.479 e. The molecule has 0 atom stereocenters. The first-order chi connectivity index (χ1) is 7.58. The van der Waals surface area contributed by atoms with E-state index in [-0.39, 0.29) is 10.0 Å². The maximum Gasteiger partial charge on any atom is 0.313 e. The van der Waals surface area contributed by atoms with Crippen LogP contribution in [0.1, 0.15) is 0 Å². The van der Waals surface area contributed by atoms with Gasteiger partial charge in [0.15, 0.2) is 5.13 Å². The van der Waals surface area contributed by atoms with E-state index >= 15 is 0 Å². The smallest absolute Gasteiger partial charge is 0.313 e. The van der Waals surface area contributed by atoms with Crippen molar-refractivity contribution in [3.8, 4) is 6.01 Å². The molecule has 16 heavy (non-hydrogen) atoms. The molecule has 0 fully saturated rings. The molecular formula is C7H6N4O3S2. The van der Waals surface area contributed by atoms with Crippen molar-refractivity contribution in [3.63, 3.8) is 0 Å². The predicted molar refractivity (Wildman–Crippen MR) is 56.6 cm³/mol. The number of sulfonamides is 1. The van der Waals surface area contributed by atoms with Crippen molar-refractivity contribution in [1.82, 2.24) is 15.0 Å². The summed E-state index contributed by atoms with van der Waals surface area (Å²) in [6.45, 7) is 0. The topological polar surface area (TPSA) is 105 Å². The molecule has 2 aromatic heterocycles. The van der Waals surface area contributed by atoms with Gasteiger partial charge in [-0.1, -0.05) is 0 Å². The minimum atomic E-state index is -3.74. The molecule has 0 saturated heterocycles. The van der Waals surface area contributed by atoms with Gasteiger partial charge in [-0.2, -0.15) is 0 Å². The van der Waals surface area contributed by atoms with E-state index < -0.39 is 16.0 Å². The first kappa shape index (κ1) is 10.8. The Morgan fingerprint density at radius 1 is 1.25 bits per heavy atom. The molecule has 0 aliphatic heterocycles. The highest BCUT2D eigenvalue weighted by Crippen LogP contribution is 2.16. The Morgan fingerprint density at radius 2 is 1.94 bits per heavy atom. The third kappa shape index (κ3) is 2.25. The Balaban J connectivity index is 2.29. The zero-order valence-corrected chi connectivity index (χ0v) is 9.36. The molecule has 0 radical (unpaired) electrons. The van der Waals surface area contributed by atoms with Crippen LogP contribution in [0.15, 0.2) is 28.9 Å². The van der Waals surface area contributed by atoms with Gasteiger partial charge in [0, 0.05) is 11.6 Å². The van der Waals surface area contributed by atoms with Gasteiger partial charge in [0.1, 0.15) is 4.90 Å². The lowest BCUT2D eigenvalue weighted by molar-refractivity contribution is 0.428. The van der Waals surface area contributed by atoms with E-state index in [9.17, 15) is 8.42 Å². The Labute approximate surface area is 94.9 Å². The fourth-order valence-electron chi connectivity index (χ4n) is 0.896. The van der Waals surface area contributed by atoms with E-state index in [2.05, 4.69) is 19.7 Å². The van der Waals surface area contributed by atoms with E-state index in [1.54, 1.807) is 5.38 Å². The highest BCUT2D eigenvalue weighted by molar-refractivity contribution is 7.93. The molecule has 9 heteroatoms. The Hall–Kier alpha value is -1.74. The van der Waals surface area contributed by atoms with E-state index in [4.69, 9.17) is 5.11 Å². The van der Waals surface area contributed by atoms with Crippen molar-refractivity contribution in [2.24, 2.45) is 0 Å². The summed E-state index contributed by atoms with van der Waals surface area (Å²) in [4.78, 5) is 10.4. The molecular weight excluding hydrogens is 252 g/mol. The molecule has 7 nitrogen and oxygen atoms in total. The second kappa shape index (κ2) is 4.02. The maximum absolute atomic E-state index is 11.7. The molecule has 0 aliphatic rings. The van der Waals surface area contributed by atoms with Gasteiger partial charge in [0.2, 0.25) is 0 Å². The Kier molecular flexibility index (Phi) is 2.71. The fourth-order valence-corrected chi connectivity index (χ4v) is 2.57. The first-order valence-corrected chi connectivity index (χ1v) is 6.37. The van der Waals surface area contributed by atoms with Crippen LogP contribution in [-0.2, 0) is 10.0 Å². The summed E-state index contributed by atoms with van der Waals surface area (Å²) in [6.07, 6.45) is 3.51. The van der Waals surface area contributed by atoms with Crippen LogP contribution in [0.5, 0.6) is 6.01 Å². The van der Waals surface area contributed by atoms with Gasteiger partial charge < -0.3 is 5.11 Å². The number of hydrogen-bond donors (Lipinski definition) is 2. The van der Waals surface area contributed by atoms with Crippen molar-refractivity contribution >= 4 is 26.5 Å². The molecule has 2 heterocycles. The number of aromatic nitrogens is 3. The second-order valence-corrected chi connectivity index (χ2v) is 5.24. The quantitative estimate of drug-likeness (QED) is 0.827. The number of nitrogens with zero attached hydrogens (tertiary/aromatic N) is 3. The summed E-state index contributed by atoms with van der Waals surface area (Å²) in [7, 11) is -3.74. The van der Waals surface area contributed by atoms with Crippen molar-refractivity contribution < 1.29 is 13.5 Å². The maximum atomic E-state index is 11.7. The minimum Gasteiger partial charge on any atom is -0.479 e. The zero-order valence-electron chi connectivity index (χ0n) is 7.73. The summed E-state index contributed by atoms with van der Waals surface area (Å²) in [5, 5.41) is 10.7. The van der Waals surface area contributed by atoms with Gasteiger partial charge in [-0.25, -0.2) is 23.4 Å². The van der Waals surface area contributed by atoms with Gasteiger partial charge in [-0.15, -0.1) is 11.3 Å². The number of thiazole rings is 1. The molecule has 0 unspecified atom stereocenters. The number of rotatable bonds is 3. The van der Waals surface area contributed by atoms with E-state index in [1.165, 1.54) is 6.20 Å². The minimum absolute atomic E-state index is 0.138. The van der Waals surface area contributed by atoms with Gasteiger partial charge in [0.05, 0.1) is 12.4 Å². The normalized spacial score (nSPS) is 11.2. The van der Waals surface area contributed by atoms with Crippen LogP contribution in [0.25, 0.3) is 0 Å². The molecule has 84 valence electrons. The number of aromatic hydroxyl groups is 1. The number of hydrogen-bond acceptors (Lipinski definition) is 7. The van der Waals surface area contributed by atoms with E-state index in [0.717, 1.165) is 23.7 Å². The summed E-state index contributed by atoms with van der Waals surface area (Å²) < 4.78 is 25.7. The van der Waals surface area contributed by atoms with Crippen LogP contribution in [0.4, 0.5) is 5.13 Å². The number of anilines is 1. The van der Waals surface area contributed by atoms with Crippen molar-refractivity contribution in [2.75, 3.05) is 4.72 Å². The third-order valence-electron chi connectivity index (χ3n) is 1.58. The highest BCUT2D eigenvalue weighted by atomic mass is 32.2. The third-order valence-corrected chi connectivity index (χ3v) is 3.69. The fraction of sp³-hybridized carbons (Fsp3) is 0. The predicted octanol–water partition coefficient (Wildman–Crippen LogP) is 0.439. The molecule has 2 N–H and O–H groups in total. The lowest BCUT2D eigenvalue weighted by atomic mass is 10.7. The van der Waals surface area contributed by atoms with Crippen LogP contribution in [0, 0.1) is 0 Å². The summed E-state index contributed by atoms with van der Waals surface area (Å²) in [5.74, 6) is 0. The Morgan fingerprint density at radius 3 is 2.50 bits per heavy atom. The van der Waals surface area contributed by atoms with Gasteiger partial charge in [-0.3, -0.25) is 4.72 Å². The van der Waals surface area contributed by atoms with Crippen LogP contribution in [0.2, 0.25) is 0 Å². The van der Waals surface area contributed by atoms with Crippen molar-refractivity contribution in [1.29, 1.82) is 0 Å². The molecule has 2 rings (SSSR count). The van der Waals surface area contributed by atoms with Crippen molar-refractivity contribution in [3.05, 3.63) is 24.0 Å². The SMILES string of the molecule is O=S(=O)(Nc1nccs1)c1cnc(O)nc1. The average Bonchev–Trinajstić information content (AvgIpc) is 2.70. The lowest BCUT2D eigenvalue weighted by Gasteiger charge is -2.03. The van der Waals surface area contributed by atoms with Crippen LogP contribution in [0.3, 0.4) is 0 Å². The zero-order chi connectivity index (χ0) is 11.6. The molecule has 2 aromatic rings. The number of nitrogens with one attached hydrogen (secondary N) is 1. The summed E-state index contributed by atoms with van der Waals surface area (Å²) in [5.41, 5.74) is 0. The standard InChI is InChI=1S/C7H6N4O3S2/c12-6-9-3-5(4-10-6)16(13,14)11-7-8-1-2-15-7/h1-4H,(H,8,11)(H,9,10,12). The molecule has 0 bridgehead atoms. The molecule has 0 saturated carbocycles. The molecule has 0 amide bonds. The monoisotopic (exact) mass is 258 g/mol. The lowest BCUT2D eigenvalue weighted by Crippen LogP contribution is -2.13. The van der Waals surface area contributed by atoms with Crippen LogP contribution < -0.4 is 4.72 Å². The van der Waals surface area contributed by atoms with E-state index in [1.807, 2.05) is 0 Å². The van der Waals surface area contributed by atoms with Crippen LogP contribution >= 0.6 is 11.3 Å². The van der Waals surface area contributed by atoms with Gasteiger partial charge in [0.25, 0.3) is 10.0 Å². The first-order valence-electron chi connectivity index (χ1n) is 4.01. The van der Waals surface area contributed by atoms with Crippen molar-refractivity contribution in [2.45, 2.75) is 4.90 Å². The van der Waals surface area contributed by atoms with E-state index in [0.29, 0.717) is 0 Å². The summed E-state index contributed by atoms with van der Waals surface area (Å²) in [6, 6.07) is -0.479. The molecule has 0 aromatic carbocycles. The molecule has 0 aliphatic carbocycles. The van der Waals surface area contributed by atoms with Gasteiger partial charge >= 0.3 is 6.01 Å². The highest BCUT2D eigenvalue weighted by Gasteiger charge is 2.16. The van der Waals surface area contributed by atoms with Crippen LogP contribution in [-0.4, -0.2) is 28.5 Å². The molecule has 0 spiro atoms. The van der Waals surface area contributed by atoms with Gasteiger partial charge in [-0.05, 0) is 0 Å². The average molecular weight is 258 g/mol. The second-order valence-electron chi connectivity index (χ2n) is 2.66. The Bertz CT molecular complexity index is 564.